The molecular formula is C18H22N6O. The average molecular weight is 338 g/mol. The van der Waals surface area contributed by atoms with Gasteiger partial charge in [-0.15, -0.1) is 0 Å². The summed E-state index contributed by atoms with van der Waals surface area (Å²) in [6, 6.07) is 8.49. The number of fused-ring (bicyclic) bond motifs is 1. The van der Waals surface area contributed by atoms with E-state index < -0.39 is 0 Å². The molecule has 3 heterocycles. The third kappa shape index (κ3) is 3.15. The number of para-hydroxylation sites is 1. The van der Waals surface area contributed by atoms with E-state index in [4.69, 9.17) is 4.74 Å². The Hall–Kier alpha value is -2.67. The van der Waals surface area contributed by atoms with Crippen LogP contribution in [0.15, 0.2) is 30.5 Å². The van der Waals surface area contributed by atoms with E-state index in [2.05, 4.69) is 49.5 Å². The van der Waals surface area contributed by atoms with Crippen molar-refractivity contribution in [1.29, 1.82) is 0 Å². The van der Waals surface area contributed by atoms with Crippen LogP contribution >= 0.6 is 0 Å². The zero-order chi connectivity index (χ0) is 17.2. The third-order valence-electron chi connectivity index (χ3n) is 4.49. The predicted octanol–water partition coefficient (Wildman–Crippen LogP) is 2.12. The van der Waals surface area contributed by atoms with Crippen LogP contribution in [0.1, 0.15) is 11.4 Å². The second-order valence-electron chi connectivity index (χ2n) is 6.21. The van der Waals surface area contributed by atoms with Gasteiger partial charge in [0.1, 0.15) is 11.6 Å². The Morgan fingerprint density at radius 2 is 1.96 bits per heavy atom. The Morgan fingerprint density at radius 3 is 2.80 bits per heavy atom. The van der Waals surface area contributed by atoms with Gasteiger partial charge in [0.25, 0.3) is 0 Å². The lowest BCUT2D eigenvalue weighted by Gasteiger charge is -2.30. The highest BCUT2D eigenvalue weighted by Gasteiger charge is 2.15. The van der Waals surface area contributed by atoms with Crippen molar-refractivity contribution in [2.45, 2.75) is 13.5 Å². The van der Waals surface area contributed by atoms with Crippen molar-refractivity contribution in [2.24, 2.45) is 7.05 Å². The minimum atomic E-state index is 0.702. The van der Waals surface area contributed by atoms with Crippen molar-refractivity contribution in [1.82, 2.24) is 19.7 Å². The van der Waals surface area contributed by atoms with E-state index in [0.29, 0.717) is 6.54 Å². The molecule has 0 atom stereocenters. The first-order valence-electron chi connectivity index (χ1n) is 8.53. The van der Waals surface area contributed by atoms with E-state index >= 15 is 0 Å². The first-order chi connectivity index (χ1) is 12.2. The SMILES string of the molecule is Cc1nc(NCc2ccccc2N2CCOCC2)c2cnn(C)c2n1. The van der Waals surface area contributed by atoms with E-state index in [1.165, 1.54) is 11.3 Å². The normalized spacial score (nSPS) is 14.9. The number of morpholine rings is 1. The average Bonchev–Trinajstić information content (AvgIpc) is 3.02. The monoisotopic (exact) mass is 338 g/mol. The van der Waals surface area contributed by atoms with Gasteiger partial charge in [-0.05, 0) is 18.6 Å². The topological polar surface area (TPSA) is 68.1 Å². The molecule has 4 rings (SSSR count). The van der Waals surface area contributed by atoms with Crippen molar-refractivity contribution in [3.63, 3.8) is 0 Å². The Bertz CT molecular complexity index is 884. The molecule has 1 aromatic carbocycles. The van der Waals surface area contributed by atoms with E-state index in [1.54, 1.807) is 4.68 Å². The summed E-state index contributed by atoms with van der Waals surface area (Å²) in [5.41, 5.74) is 3.35. The number of hydrogen-bond acceptors (Lipinski definition) is 6. The Balaban J connectivity index is 1.60. The molecule has 0 amide bonds. The van der Waals surface area contributed by atoms with Crippen LogP contribution in [0, 0.1) is 6.92 Å². The fraction of sp³-hybridized carbons (Fsp3) is 0.389. The van der Waals surface area contributed by atoms with E-state index in [0.717, 1.165) is 49.0 Å². The molecule has 7 heteroatoms. The van der Waals surface area contributed by atoms with Gasteiger partial charge in [0.15, 0.2) is 5.65 Å². The number of ether oxygens (including phenoxy) is 1. The highest BCUT2D eigenvalue weighted by Crippen LogP contribution is 2.24. The first-order valence-corrected chi connectivity index (χ1v) is 8.53. The molecule has 7 nitrogen and oxygen atoms in total. The maximum absolute atomic E-state index is 5.47. The van der Waals surface area contributed by atoms with Gasteiger partial charge in [-0.2, -0.15) is 5.10 Å². The molecule has 25 heavy (non-hydrogen) atoms. The Kier molecular flexibility index (Phi) is 4.23. The van der Waals surface area contributed by atoms with Gasteiger partial charge in [-0.25, -0.2) is 9.97 Å². The molecule has 0 radical (unpaired) electrons. The van der Waals surface area contributed by atoms with Crippen LogP contribution in [-0.4, -0.2) is 46.1 Å². The molecule has 1 aliphatic rings. The highest BCUT2D eigenvalue weighted by atomic mass is 16.5. The molecule has 1 fully saturated rings. The molecule has 0 bridgehead atoms. The van der Waals surface area contributed by atoms with Crippen molar-refractivity contribution in [2.75, 3.05) is 36.5 Å². The molecule has 130 valence electrons. The smallest absolute Gasteiger partial charge is 0.163 e. The van der Waals surface area contributed by atoms with Crippen LogP contribution in [-0.2, 0) is 18.3 Å². The quantitative estimate of drug-likeness (QED) is 0.786. The van der Waals surface area contributed by atoms with Crippen LogP contribution < -0.4 is 10.2 Å². The summed E-state index contributed by atoms with van der Waals surface area (Å²) >= 11 is 0. The van der Waals surface area contributed by atoms with Crippen molar-refractivity contribution >= 4 is 22.5 Å². The fourth-order valence-electron chi connectivity index (χ4n) is 3.22. The standard InChI is InChI=1S/C18H22N6O/c1-13-21-17(15-12-20-23(2)18(15)22-13)19-11-14-5-3-4-6-16(14)24-7-9-25-10-8-24/h3-6,12H,7-11H2,1-2H3,(H,19,21,22). The lowest BCUT2D eigenvalue weighted by Crippen LogP contribution is -2.36. The van der Waals surface area contributed by atoms with E-state index in [9.17, 15) is 0 Å². The van der Waals surface area contributed by atoms with Crippen LogP contribution in [0.3, 0.4) is 0 Å². The zero-order valence-electron chi connectivity index (χ0n) is 14.6. The minimum Gasteiger partial charge on any atom is -0.378 e. The number of aromatic nitrogens is 4. The maximum atomic E-state index is 5.47. The second-order valence-corrected chi connectivity index (χ2v) is 6.21. The minimum absolute atomic E-state index is 0.702. The number of benzene rings is 1. The summed E-state index contributed by atoms with van der Waals surface area (Å²) in [6.07, 6.45) is 1.81. The Labute approximate surface area is 146 Å². The molecule has 0 unspecified atom stereocenters. The third-order valence-corrected chi connectivity index (χ3v) is 4.49. The van der Waals surface area contributed by atoms with Gasteiger partial charge >= 0.3 is 0 Å². The number of nitrogens with one attached hydrogen (secondary N) is 1. The van der Waals surface area contributed by atoms with Crippen LogP contribution in [0.5, 0.6) is 0 Å². The van der Waals surface area contributed by atoms with Gasteiger partial charge in [-0.3, -0.25) is 4.68 Å². The van der Waals surface area contributed by atoms with Gasteiger partial charge in [-0.1, -0.05) is 18.2 Å². The number of anilines is 2. The molecule has 0 saturated carbocycles. The molecule has 1 aliphatic heterocycles. The zero-order valence-corrected chi connectivity index (χ0v) is 14.6. The van der Waals surface area contributed by atoms with Crippen LogP contribution in [0.2, 0.25) is 0 Å². The lowest BCUT2D eigenvalue weighted by atomic mass is 10.1. The van der Waals surface area contributed by atoms with Crippen molar-refractivity contribution in [3.8, 4) is 0 Å². The van der Waals surface area contributed by atoms with Crippen molar-refractivity contribution in [3.05, 3.63) is 41.9 Å². The van der Waals surface area contributed by atoms with Crippen LogP contribution in [0.4, 0.5) is 11.5 Å². The van der Waals surface area contributed by atoms with Gasteiger partial charge in [0, 0.05) is 32.4 Å². The highest BCUT2D eigenvalue weighted by molar-refractivity contribution is 5.86. The lowest BCUT2D eigenvalue weighted by molar-refractivity contribution is 0.122. The summed E-state index contributed by atoms with van der Waals surface area (Å²) in [4.78, 5) is 11.4. The molecule has 1 saturated heterocycles. The molecule has 0 aliphatic carbocycles. The maximum Gasteiger partial charge on any atom is 0.163 e. The number of aryl methyl sites for hydroxylation is 2. The molecule has 1 N–H and O–H groups in total. The number of hydrogen-bond donors (Lipinski definition) is 1. The van der Waals surface area contributed by atoms with E-state index in [-0.39, 0.29) is 0 Å². The van der Waals surface area contributed by atoms with Gasteiger partial charge in [0.2, 0.25) is 0 Å². The molecular weight excluding hydrogens is 316 g/mol. The summed E-state index contributed by atoms with van der Waals surface area (Å²) < 4.78 is 7.25. The molecule has 0 spiro atoms. The molecule has 3 aromatic rings. The van der Waals surface area contributed by atoms with E-state index in [1.807, 2.05) is 20.2 Å². The van der Waals surface area contributed by atoms with Gasteiger partial charge < -0.3 is 15.0 Å². The second kappa shape index (κ2) is 6.68. The largest absolute Gasteiger partial charge is 0.378 e. The van der Waals surface area contributed by atoms with Crippen molar-refractivity contribution < 1.29 is 4.74 Å². The first kappa shape index (κ1) is 15.8. The fourth-order valence-corrected chi connectivity index (χ4v) is 3.22. The predicted molar refractivity (Wildman–Crippen MR) is 97.8 cm³/mol. The summed E-state index contributed by atoms with van der Waals surface area (Å²) in [5, 5.41) is 8.71. The summed E-state index contributed by atoms with van der Waals surface area (Å²) in [6.45, 7) is 6.02. The number of nitrogens with zero attached hydrogens (tertiary/aromatic N) is 5. The van der Waals surface area contributed by atoms with Crippen LogP contribution in [0.25, 0.3) is 11.0 Å². The van der Waals surface area contributed by atoms with Gasteiger partial charge in [0.05, 0.1) is 24.8 Å². The summed E-state index contributed by atoms with van der Waals surface area (Å²) in [5.74, 6) is 1.56. The summed E-state index contributed by atoms with van der Waals surface area (Å²) in [7, 11) is 1.90. The Morgan fingerprint density at radius 1 is 1.16 bits per heavy atom. The number of rotatable bonds is 4. The molecule has 2 aromatic heterocycles.